The fraction of sp³-hybridized carbons (Fsp3) is 0.222. The maximum Gasteiger partial charge on any atom is 0.279 e. The minimum Gasteiger partial charge on any atom is -0.481 e. The van der Waals surface area contributed by atoms with Gasteiger partial charge in [0, 0.05) is 5.56 Å². The van der Waals surface area contributed by atoms with Crippen LogP contribution in [0.3, 0.4) is 0 Å². The number of hydrazine groups is 1. The molecule has 0 spiro atoms. The van der Waals surface area contributed by atoms with Crippen molar-refractivity contribution in [2.75, 3.05) is 0 Å². The minimum atomic E-state index is -0.725. The first-order valence-corrected chi connectivity index (χ1v) is 7.36. The van der Waals surface area contributed by atoms with Gasteiger partial charge in [0.1, 0.15) is 5.75 Å². The van der Waals surface area contributed by atoms with E-state index in [0.717, 1.165) is 11.1 Å². The van der Waals surface area contributed by atoms with Crippen LogP contribution in [0, 0.1) is 13.8 Å². The number of ether oxygens (including phenoxy) is 1. The number of carbonyl (C=O) groups is 2. The first kappa shape index (κ1) is 16.5. The van der Waals surface area contributed by atoms with Crippen LogP contribution in [-0.2, 0) is 4.79 Å². The number of para-hydroxylation sites is 1. The lowest BCUT2D eigenvalue weighted by atomic mass is 10.1. The topological polar surface area (TPSA) is 67.4 Å². The van der Waals surface area contributed by atoms with Crippen LogP contribution in [0.25, 0.3) is 0 Å². The quantitative estimate of drug-likeness (QED) is 0.853. The number of nitrogens with one attached hydrogen (secondary N) is 2. The normalized spacial score (nSPS) is 11.4. The molecule has 0 aliphatic rings. The van der Waals surface area contributed by atoms with Crippen molar-refractivity contribution >= 4 is 11.8 Å². The third-order valence-corrected chi connectivity index (χ3v) is 3.35. The van der Waals surface area contributed by atoms with Gasteiger partial charge in [-0.05, 0) is 44.5 Å². The van der Waals surface area contributed by atoms with Gasteiger partial charge >= 0.3 is 0 Å². The molecule has 0 aromatic heterocycles. The first-order chi connectivity index (χ1) is 11.0. The molecule has 0 saturated heterocycles. The monoisotopic (exact) mass is 312 g/mol. The standard InChI is InChI=1S/C18H20N2O3/c1-12-9-10-16(13(2)11-12)18(22)20-19-17(21)14(3)23-15-7-5-4-6-8-15/h4-11,14H,1-3H3,(H,19,21)(H,20,22). The molecule has 0 fully saturated rings. The molecule has 2 rings (SSSR count). The Morgan fingerprint density at radius 3 is 2.35 bits per heavy atom. The summed E-state index contributed by atoms with van der Waals surface area (Å²) in [6.45, 7) is 5.43. The summed E-state index contributed by atoms with van der Waals surface area (Å²) in [5.41, 5.74) is 7.24. The minimum absolute atomic E-state index is 0.359. The van der Waals surface area contributed by atoms with Crippen molar-refractivity contribution in [1.29, 1.82) is 0 Å². The molecule has 0 aliphatic carbocycles. The van der Waals surface area contributed by atoms with Gasteiger partial charge in [0.05, 0.1) is 0 Å². The van der Waals surface area contributed by atoms with E-state index in [1.165, 1.54) is 0 Å². The number of hydrogen-bond acceptors (Lipinski definition) is 3. The molecular formula is C18H20N2O3. The molecule has 0 saturated carbocycles. The molecule has 0 radical (unpaired) electrons. The molecule has 5 heteroatoms. The molecule has 0 heterocycles. The van der Waals surface area contributed by atoms with Gasteiger partial charge in [-0.25, -0.2) is 0 Å². The Kier molecular flexibility index (Phi) is 5.36. The smallest absolute Gasteiger partial charge is 0.279 e. The summed E-state index contributed by atoms with van der Waals surface area (Å²) in [5.74, 6) is -0.189. The van der Waals surface area contributed by atoms with Crippen molar-refractivity contribution in [1.82, 2.24) is 10.9 Å². The van der Waals surface area contributed by atoms with Gasteiger partial charge in [0.15, 0.2) is 6.10 Å². The van der Waals surface area contributed by atoms with Crippen molar-refractivity contribution in [3.8, 4) is 5.75 Å². The Balaban J connectivity index is 1.89. The zero-order valence-corrected chi connectivity index (χ0v) is 13.4. The maximum absolute atomic E-state index is 12.1. The number of rotatable bonds is 4. The zero-order chi connectivity index (χ0) is 16.8. The molecule has 0 bridgehead atoms. The largest absolute Gasteiger partial charge is 0.481 e. The molecule has 2 N–H and O–H groups in total. The number of carbonyl (C=O) groups excluding carboxylic acids is 2. The van der Waals surface area contributed by atoms with E-state index < -0.39 is 12.0 Å². The lowest BCUT2D eigenvalue weighted by Gasteiger charge is -2.15. The van der Waals surface area contributed by atoms with E-state index in [4.69, 9.17) is 4.74 Å². The van der Waals surface area contributed by atoms with Crippen LogP contribution in [0.5, 0.6) is 5.75 Å². The second kappa shape index (κ2) is 7.45. The van der Waals surface area contributed by atoms with Gasteiger partial charge in [-0.2, -0.15) is 0 Å². The molecular weight excluding hydrogens is 292 g/mol. The van der Waals surface area contributed by atoms with E-state index in [1.807, 2.05) is 44.2 Å². The molecule has 0 aliphatic heterocycles. The predicted octanol–water partition coefficient (Wildman–Crippen LogP) is 2.53. The molecule has 1 atom stereocenters. The van der Waals surface area contributed by atoms with Crippen LogP contribution in [0.2, 0.25) is 0 Å². The summed E-state index contributed by atoms with van der Waals surface area (Å²) in [5, 5.41) is 0. The van der Waals surface area contributed by atoms with Crippen LogP contribution >= 0.6 is 0 Å². The molecule has 1 unspecified atom stereocenters. The van der Waals surface area contributed by atoms with E-state index in [9.17, 15) is 9.59 Å². The fourth-order valence-corrected chi connectivity index (χ4v) is 2.11. The second-order valence-corrected chi connectivity index (χ2v) is 5.33. The highest BCUT2D eigenvalue weighted by atomic mass is 16.5. The average Bonchev–Trinajstić information content (AvgIpc) is 2.53. The van der Waals surface area contributed by atoms with Crippen LogP contribution in [0.1, 0.15) is 28.4 Å². The van der Waals surface area contributed by atoms with Crippen LogP contribution in [0.4, 0.5) is 0 Å². The summed E-state index contributed by atoms with van der Waals surface area (Å²) < 4.78 is 5.49. The summed E-state index contributed by atoms with van der Waals surface area (Å²) in [4.78, 5) is 24.1. The van der Waals surface area contributed by atoms with Gasteiger partial charge in [-0.15, -0.1) is 0 Å². The van der Waals surface area contributed by atoms with E-state index >= 15 is 0 Å². The summed E-state index contributed by atoms with van der Waals surface area (Å²) >= 11 is 0. The van der Waals surface area contributed by atoms with Gasteiger partial charge in [-0.3, -0.25) is 20.4 Å². The van der Waals surface area contributed by atoms with Gasteiger partial charge in [0.25, 0.3) is 11.8 Å². The Bertz CT molecular complexity index is 699. The van der Waals surface area contributed by atoms with Gasteiger partial charge < -0.3 is 4.74 Å². The number of amides is 2. The Hall–Kier alpha value is -2.82. The number of aryl methyl sites for hydroxylation is 2. The third-order valence-electron chi connectivity index (χ3n) is 3.35. The van der Waals surface area contributed by atoms with E-state index in [-0.39, 0.29) is 5.91 Å². The van der Waals surface area contributed by atoms with E-state index in [2.05, 4.69) is 10.9 Å². The SMILES string of the molecule is Cc1ccc(C(=O)NNC(=O)C(C)Oc2ccccc2)c(C)c1. The molecule has 2 aromatic rings. The van der Waals surface area contributed by atoms with Crippen molar-refractivity contribution in [3.63, 3.8) is 0 Å². The lowest BCUT2D eigenvalue weighted by molar-refractivity contribution is -0.128. The Morgan fingerprint density at radius 2 is 1.70 bits per heavy atom. The highest BCUT2D eigenvalue weighted by Crippen LogP contribution is 2.11. The molecule has 5 nitrogen and oxygen atoms in total. The fourth-order valence-electron chi connectivity index (χ4n) is 2.11. The van der Waals surface area contributed by atoms with Crippen molar-refractivity contribution in [3.05, 3.63) is 65.2 Å². The lowest BCUT2D eigenvalue weighted by Crippen LogP contribution is -2.47. The van der Waals surface area contributed by atoms with E-state index in [1.54, 1.807) is 25.1 Å². The summed E-state index contributed by atoms with van der Waals surface area (Å²) in [6, 6.07) is 14.5. The first-order valence-electron chi connectivity index (χ1n) is 7.36. The molecule has 2 amide bonds. The van der Waals surface area contributed by atoms with E-state index in [0.29, 0.717) is 11.3 Å². The van der Waals surface area contributed by atoms with Crippen LogP contribution < -0.4 is 15.6 Å². The Morgan fingerprint density at radius 1 is 1.00 bits per heavy atom. The maximum atomic E-state index is 12.1. The van der Waals surface area contributed by atoms with Crippen molar-refractivity contribution in [2.45, 2.75) is 26.9 Å². The van der Waals surface area contributed by atoms with Gasteiger partial charge in [0.2, 0.25) is 0 Å². The van der Waals surface area contributed by atoms with Crippen LogP contribution in [-0.4, -0.2) is 17.9 Å². The zero-order valence-electron chi connectivity index (χ0n) is 13.4. The molecule has 2 aromatic carbocycles. The third kappa shape index (κ3) is 4.57. The Labute approximate surface area is 135 Å². The van der Waals surface area contributed by atoms with Gasteiger partial charge in [-0.1, -0.05) is 35.9 Å². The molecule has 120 valence electrons. The number of benzene rings is 2. The predicted molar refractivity (Wildman–Crippen MR) is 88.1 cm³/mol. The second-order valence-electron chi connectivity index (χ2n) is 5.33. The van der Waals surface area contributed by atoms with Crippen molar-refractivity contribution in [2.24, 2.45) is 0 Å². The number of hydrogen-bond donors (Lipinski definition) is 2. The average molecular weight is 312 g/mol. The van der Waals surface area contributed by atoms with Crippen molar-refractivity contribution < 1.29 is 14.3 Å². The summed E-state index contributed by atoms with van der Waals surface area (Å²) in [6.07, 6.45) is -0.725. The highest BCUT2D eigenvalue weighted by Gasteiger charge is 2.16. The summed E-state index contributed by atoms with van der Waals surface area (Å²) in [7, 11) is 0. The van der Waals surface area contributed by atoms with Crippen LogP contribution in [0.15, 0.2) is 48.5 Å². The highest BCUT2D eigenvalue weighted by molar-refractivity contribution is 5.97. The molecule has 23 heavy (non-hydrogen) atoms.